The maximum Gasteiger partial charge on any atom is 0.495 e. The third-order valence-corrected chi connectivity index (χ3v) is 7.19. The van der Waals surface area contributed by atoms with E-state index in [4.69, 9.17) is 23.4 Å². The van der Waals surface area contributed by atoms with Gasteiger partial charge in [0.2, 0.25) is 0 Å². The second-order valence-corrected chi connectivity index (χ2v) is 9.47. The second-order valence-electron chi connectivity index (χ2n) is 9.47. The molecule has 2 saturated heterocycles. The van der Waals surface area contributed by atoms with Gasteiger partial charge in [-0.25, -0.2) is 0 Å². The van der Waals surface area contributed by atoms with E-state index in [9.17, 15) is 0 Å². The van der Waals surface area contributed by atoms with Crippen LogP contribution in [0.15, 0.2) is 48.5 Å². The zero-order valence-corrected chi connectivity index (χ0v) is 17.8. The van der Waals surface area contributed by atoms with Gasteiger partial charge in [0.1, 0.15) is 22.7 Å². The number of ether oxygens (including phenoxy) is 1. The molecule has 0 radical (unpaired) electrons. The van der Waals surface area contributed by atoms with Crippen LogP contribution >= 0.6 is 0 Å². The molecule has 3 aliphatic rings. The van der Waals surface area contributed by atoms with Crippen LogP contribution < -0.4 is 15.7 Å². The Hall–Kier alpha value is -1.79. The molecule has 2 atom stereocenters. The average Bonchev–Trinajstić information content (AvgIpc) is 3.06. The molecule has 2 fully saturated rings. The molecule has 3 heterocycles. The number of hydrogen-bond acceptors (Lipinski definition) is 5. The summed E-state index contributed by atoms with van der Waals surface area (Å²) in [6.45, 7) is 12.3. The van der Waals surface area contributed by atoms with Crippen molar-refractivity contribution in [3.8, 4) is 11.5 Å². The average molecular weight is 392 g/mol. The van der Waals surface area contributed by atoms with E-state index in [1.165, 1.54) is 0 Å². The predicted octanol–water partition coefficient (Wildman–Crippen LogP) is 3.05. The van der Waals surface area contributed by atoms with E-state index in [-0.39, 0.29) is 0 Å². The Kier molecular flexibility index (Phi) is 3.89. The lowest BCUT2D eigenvalue weighted by atomic mass is 9.67. The van der Waals surface area contributed by atoms with E-state index in [0.29, 0.717) is 0 Å². The highest BCUT2D eigenvalue weighted by molar-refractivity contribution is 6.63. The number of benzene rings is 2. The lowest BCUT2D eigenvalue weighted by Crippen LogP contribution is -2.68. The third-order valence-electron chi connectivity index (χ3n) is 7.19. The molecule has 150 valence electrons. The van der Waals surface area contributed by atoms with Crippen molar-refractivity contribution < 1.29 is 23.4 Å². The monoisotopic (exact) mass is 392 g/mol. The summed E-state index contributed by atoms with van der Waals surface area (Å²) < 4.78 is 32.3. The molecule has 29 heavy (non-hydrogen) atoms. The van der Waals surface area contributed by atoms with Crippen molar-refractivity contribution in [2.75, 3.05) is 0 Å². The molecule has 8 bridgehead atoms. The van der Waals surface area contributed by atoms with Crippen LogP contribution in [-0.4, -0.2) is 36.6 Å². The predicted molar refractivity (Wildman–Crippen MR) is 113 cm³/mol. The van der Waals surface area contributed by atoms with Crippen LogP contribution in [0, 0.1) is 0 Å². The van der Waals surface area contributed by atoms with Crippen LogP contribution in [-0.2, 0) is 18.6 Å². The minimum absolute atomic E-state index is 0.530. The summed E-state index contributed by atoms with van der Waals surface area (Å²) in [5.74, 6) is 1.46. The molecule has 0 N–H and O–H groups in total. The van der Waals surface area contributed by atoms with Crippen LogP contribution in [0.1, 0.15) is 41.5 Å². The standard InChI is InChI=1S/C22H26B2O5/c1-19(2)21(5)22(6)20(3,4)27-24(29-22)16-10-8-12-18(14-16)25-17-11-7-9-15(13-17)23(26-19)28-21/h7-14H,1-6H3. The van der Waals surface area contributed by atoms with Gasteiger partial charge in [-0.15, -0.1) is 0 Å². The molecule has 0 saturated carbocycles. The third kappa shape index (κ3) is 2.58. The molecule has 0 amide bonds. The van der Waals surface area contributed by atoms with E-state index >= 15 is 0 Å². The lowest BCUT2D eigenvalue weighted by Gasteiger charge is -2.52. The van der Waals surface area contributed by atoms with Crippen molar-refractivity contribution in [2.45, 2.75) is 63.9 Å². The Morgan fingerprint density at radius 1 is 0.586 bits per heavy atom. The fraction of sp³-hybridized carbons (Fsp3) is 0.455. The van der Waals surface area contributed by atoms with Crippen LogP contribution in [0.3, 0.4) is 0 Å². The smallest absolute Gasteiger partial charge is 0.457 e. The Morgan fingerprint density at radius 3 is 1.41 bits per heavy atom. The summed E-state index contributed by atoms with van der Waals surface area (Å²) in [4.78, 5) is 0. The van der Waals surface area contributed by atoms with E-state index in [1.807, 2.05) is 48.5 Å². The highest BCUT2D eigenvalue weighted by Crippen LogP contribution is 2.54. The van der Waals surface area contributed by atoms with Gasteiger partial charge in [0, 0.05) is 0 Å². The Morgan fingerprint density at radius 2 is 1.00 bits per heavy atom. The summed E-state index contributed by atoms with van der Waals surface area (Å²) in [6.07, 6.45) is 0. The normalized spacial score (nSPS) is 31.5. The molecule has 2 aromatic carbocycles. The molecule has 7 heteroatoms. The van der Waals surface area contributed by atoms with Crippen LogP contribution in [0.2, 0.25) is 0 Å². The van der Waals surface area contributed by atoms with Crippen LogP contribution in [0.25, 0.3) is 0 Å². The first-order valence-electron chi connectivity index (χ1n) is 10.1. The molecule has 3 aliphatic heterocycles. The van der Waals surface area contributed by atoms with Crippen molar-refractivity contribution in [1.29, 1.82) is 0 Å². The number of fused-ring (bicyclic) bond motifs is 11. The lowest BCUT2D eigenvalue weighted by molar-refractivity contribution is -0.176. The largest absolute Gasteiger partial charge is 0.495 e. The first-order chi connectivity index (χ1) is 13.5. The van der Waals surface area contributed by atoms with Gasteiger partial charge in [0.05, 0.1) is 11.2 Å². The maximum absolute atomic E-state index is 6.66. The summed E-state index contributed by atoms with van der Waals surface area (Å²) in [6, 6.07) is 15.7. The molecule has 5 rings (SSSR count). The van der Waals surface area contributed by atoms with Gasteiger partial charge in [0.15, 0.2) is 0 Å². The summed E-state index contributed by atoms with van der Waals surface area (Å²) >= 11 is 0. The maximum atomic E-state index is 6.66. The van der Waals surface area contributed by atoms with Crippen molar-refractivity contribution in [3.63, 3.8) is 0 Å². The molecular weight excluding hydrogens is 366 g/mol. The fourth-order valence-corrected chi connectivity index (χ4v) is 4.75. The van der Waals surface area contributed by atoms with Crippen molar-refractivity contribution in [2.24, 2.45) is 0 Å². The topological polar surface area (TPSA) is 46.2 Å². The van der Waals surface area contributed by atoms with E-state index in [0.717, 1.165) is 22.4 Å². The van der Waals surface area contributed by atoms with Gasteiger partial charge in [-0.1, -0.05) is 24.3 Å². The van der Waals surface area contributed by atoms with Crippen molar-refractivity contribution in [1.82, 2.24) is 0 Å². The van der Waals surface area contributed by atoms with Gasteiger partial charge < -0.3 is 23.4 Å². The Labute approximate surface area is 172 Å². The Balaban J connectivity index is 1.73. The molecule has 0 spiro atoms. The minimum atomic E-state index is -0.772. The highest BCUT2D eigenvalue weighted by atomic mass is 16.7. The van der Waals surface area contributed by atoms with Gasteiger partial charge >= 0.3 is 14.2 Å². The van der Waals surface area contributed by atoms with Gasteiger partial charge in [-0.05, 0) is 76.7 Å². The number of rotatable bonds is 0. The van der Waals surface area contributed by atoms with Gasteiger partial charge in [-0.3, -0.25) is 0 Å². The van der Waals surface area contributed by atoms with E-state index < -0.39 is 36.6 Å². The Bertz CT molecular complexity index is 900. The number of hydrogen-bond donors (Lipinski definition) is 0. The van der Waals surface area contributed by atoms with Crippen molar-refractivity contribution in [3.05, 3.63) is 48.5 Å². The molecule has 2 aromatic rings. The minimum Gasteiger partial charge on any atom is -0.457 e. The summed E-state index contributed by atoms with van der Waals surface area (Å²) in [7, 11) is -1.06. The zero-order valence-electron chi connectivity index (χ0n) is 17.8. The van der Waals surface area contributed by atoms with Crippen LogP contribution in [0.4, 0.5) is 0 Å². The second kappa shape index (κ2) is 5.88. The molecule has 0 aromatic heterocycles. The molecule has 2 unspecified atom stereocenters. The summed E-state index contributed by atoms with van der Waals surface area (Å²) in [5, 5.41) is 0. The first-order valence-corrected chi connectivity index (χ1v) is 10.1. The highest BCUT2D eigenvalue weighted by Gasteiger charge is 2.72. The quantitative estimate of drug-likeness (QED) is 0.646. The zero-order chi connectivity index (χ0) is 20.7. The molecular formula is C22H26B2O5. The fourth-order valence-electron chi connectivity index (χ4n) is 4.75. The van der Waals surface area contributed by atoms with Gasteiger partial charge in [-0.2, -0.15) is 0 Å². The first kappa shape index (κ1) is 19.2. The van der Waals surface area contributed by atoms with Crippen LogP contribution in [0.5, 0.6) is 11.5 Å². The van der Waals surface area contributed by atoms with Crippen molar-refractivity contribution >= 4 is 25.2 Å². The van der Waals surface area contributed by atoms with E-state index in [2.05, 4.69) is 41.5 Å². The summed E-state index contributed by atoms with van der Waals surface area (Å²) in [5.41, 5.74) is -0.968. The van der Waals surface area contributed by atoms with Gasteiger partial charge in [0.25, 0.3) is 0 Å². The molecule has 0 aliphatic carbocycles. The van der Waals surface area contributed by atoms with E-state index in [1.54, 1.807) is 0 Å². The SMILES string of the molecule is CC1(C)OB2OC1(C)C1(C)OB(OC1(C)C)c1cccc(c1)Oc1cccc2c1. The molecule has 5 nitrogen and oxygen atoms in total.